The van der Waals surface area contributed by atoms with E-state index in [1.807, 2.05) is 18.2 Å². The average molecular weight is 379 g/mol. The first kappa shape index (κ1) is 14.6. The highest BCUT2D eigenvalue weighted by molar-refractivity contribution is 14.1. The number of rotatable bonds is 4. The molecule has 2 rings (SSSR count). The Hall–Kier alpha value is 0.200. The zero-order valence-corrected chi connectivity index (χ0v) is 13.7. The Morgan fingerprint density at radius 2 is 2.17 bits per heavy atom. The molecule has 0 aromatic heterocycles. The minimum absolute atomic E-state index is 0.134. The van der Waals surface area contributed by atoms with Crippen molar-refractivity contribution in [3.8, 4) is 0 Å². The van der Waals surface area contributed by atoms with Crippen LogP contribution in [0.4, 0.5) is 0 Å². The number of hydrogen-bond acceptors (Lipinski definition) is 1. The van der Waals surface area contributed by atoms with Gasteiger partial charge in [0, 0.05) is 15.0 Å². The van der Waals surface area contributed by atoms with Gasteiger partial charge in [0.2, 0.25) is 0 Å². The Morgan fingerprint density at radius 3 is 2.83 bits per heavy atom. The van der Waals surface area contributed by atoms with Crippen LogP contribution < -0.4 is 0 Å². The fourth-order valence-electron chi connectivity index (χ4n) is 2.66. The fourth-order valence-corrected chi connectivity index (χ4v) is 3.60. The van der Waals surface area contributed by atoms with Crippen LogP contribution in [0.15, 0.2) is 24.3 Å². The number of alkyl halides is 1. The molecule has 1 aromatic carbocycles. The van der Waals surface area contributed by atoms with Gasteiger partial charge in [0.15, 0.2) is 0 Å². The predicted molar refractivity (Wildman–Crippen MR) is 85.6 cm³/mol. The molecule has 3 atom stereocenters. The summed E-state index contributed by atoms with van der Waals surface area (Å²) in [7, 11) is 0. The van der Waals surface area contributed by atoms with Gasteiger partial charge in [0.05, 0.1) is 12.2 Å². The quantitative estimate of drug-likeness (QED) is 0.503. The number of hydrogen-bond donors (Lipinski definition) is 0. The molecule has 3 heteroatoms. The van der Waals surface area contributed by atoms with E-state index in [1.54, 1.807) is 0 Å². The van der Waals surface area contributed by atoms with Gasteiger partial charge in [-0.25, -0.2) is 0 Å². The van der Waals surface area contributed by atoms with Crippen LogP contribution in [0.2, 0.25) is 5.02 Å². The monoisotopic (exact) mass is 378 g/mol. The van der Waals surface area contributed by atoms with Crippen molar-refractivity contribution in [1.82, 2.24) is 0 Å². The van der Waals surface area contributed by atoms with Crippen LogP contribution in [0, 0.1) is 5.92 Å². The normalized spacial score (nSPS) is 25.9. The third kappa shape index (κ3) is 3.84. The van der Waals surface area contributed by atoms with E-state index < -0.39 is 0 Å². The molecule has 0 heterocycles. The lowest BCUT2D eigenvalue weighted by Gasteiger charge is -2.30. The molecule has 3 unspecified atom stereocenters. The molecule has 1 nitrogen and oxygen atoms in total. The third-order valence-corrected chi connectivity index (χ3v) is 4.78. The van der Waals surface area contributed by atoms with Gasteiger partial charge in [-0.05, 0) is 24.8 Å². The minimum atomic E-state index is 0.134. The van der Waals surface area contributed by atoms with Gasteiger partial charge in [0.25, 0.3) is 0 Å². The Kier molecular flexibility index (Phi) is 5.77. The summed E-state index contributed by atoms with van der Waals surface area (Å²) in [5, 5.41) is 0.822. The summed E-state index contributed by atoms with van der Waals surface area (Å²) in [5.41, 5.74) is 1.13. The molecule has 0 amide bonds. The van der Waals surface area contributed by atoms with Gasteiger partial charge in [-0.1, -0.05) is 72.2 Å². The van der Waals surface area contributed by atoms with E-state index in [0.717, 1.165) is 20.9 Å². The average Bonchev–Trinajstić information content (AvgIpc) is 2.37. The van der Waals surface area contributed by atoms with Gasteiger partial charge < -0.3 is 4.74 Å². The maximum atomic E-state index is 6.29. The predicted octanol–water partition coefficient (Wildman–Crippen LogP) is 5.41. The minimum Gasteiger partial charge on any atom is -0.369 e. The van der Waals surface area contributed by atoms with Crippen LogP contribution >= 0.6 is 34.2 Å². The molecule has 1 aromatic rings. The third-order valence-electron chi connectivity index (χ3n) is 3.64. The van der Waals surface area contributed by atoms with E-state index in [0.29, 0.717) is 6.10 Å². The summed E-state index contributed by atoms with van der Waals surface area (Å²) in [4.78, 5) is 0. The molecule has 0 saturated heterocycles. The summed E-state index contributed by atoms with van der Waals surface area (Å²) in [6.07, 6.45) is 5.57. The summed E-state index contributed by atoms with van der Waals surface area (Å²) < 4.78 is 7.24. The van der Waals surface area contributed by atoms with Crippen LogP contribution in [0.1, 0.15) is 44.3 Å². The van der Waals surface area contributed by atoms with Crippen LogP contribution in [-0.4, -0.2) is 10.5 Å². The molecule has 0 spiro atoms. The van der Waals surface area contributed by atoms with Gasteiger partial charge in [-0.15, -0.1) is 0 Å². The van der Waals surface area contributed by atoms with Crippen molar-refractivity contribution < 1.29 is 4.74 Å². The highest BCUT2D eigenvalue weighted by atomic mass is 127. The number of benzene rings is 1. The van der Waals surface area contributed by atoms with Crippen molar-refractivity contribution in [3.05, 3.63) is 34.9 Å². The van der Waals surface area contributed by atoms with Gasteiger partial charge >= 0.3 is 0 Å². The summed E-state index contributed by atoms with van der Waals surface area (Å²) >= 11 is 8.65. The van der Waals surface area contributed by atoms with E-state index >= 15 is 0 Å². The topological polar surface area (TPSA) is 9.23 Å². The Labute approximate surface area is 128 Å². The fraction of sp³-hybridized carbons (Fsp3) is 0.600. The lowest BCUT2D eigenvalue weighted by atomic mass is 9.88. The SMILES string of the molecule is CC1CCCC(OC(CI)c2ccccc2Cl)C1. The van der Waals surface area contributed by atoms with E-state index in [1.165, 1.54) is 25.7 Å². The second kappa shape index (κ2) is 7.11. The van der Waals surface area contributed by atoms with Crippen molar-refractivity contribution in [2.45, 2.75) is 44.8 Å². The van der Waals surface area contributed by atoms with E-state index in [-0.39, 0.29) is 6.10 Å². The standard InChI is InChI=1S/C15H20ClIO/c1-11-5-4-6-12(9-11)18-15(10-17)13-7-2-3-8-14(13)16/h2-3,7-8,11-12,15H,4-6,9-10H2,1H3. The van der Waals surface area contributed by atoms with Crippen LogP contribution in [0.3, 0.4) is 0 Å². The molecule has 0 aliphatic heterocycles. The highest BCUT2D eigenvalue weighted by Gasteiger charge is 2.24. The van der Waals surface area contributed by atoms with Crippen molar-refractivity contribution in [1.29, 1.82) is 0 Å². The van der Waals surface area contributed by atoms with Crippen molar-refractivity contribution in [2.24, 2.45) is 5.92 Å². The molecular formula is C15H20ClIO. The van der Waals surface area contributed by atoms with Crippen molar-refractivity contribution in [2.75, 3.05) is 4.43 Å². The first-order valence-electron chi connectivity index (χ1n) is 6.66. The van der Waals surface area contributed by atoms with E-state index in [9.17, 15) is 0 Å². The van der Waals surface area contributed by atoms with E-state index in [2.05, 4.69) is 35.6 Å². The maximum absolute atomic E-state index is 6.29. The summed E-state index contributed by atoms with van der Waals surface area (Å²) in [6.45, 7) is 2.32. The maximum Gasteiger partial charge on any atom is 0.0932 e. The largest absolute Gasteiger partial charge is 0.369 e. The molecule has 1 aliphatic rings. The summed E-state index contributed by atoms with van der Waals surface area (Å²) in [5.74, 6) is 0.796. The van der Waals surface area contributed by atoms with Crippen molar-refractivity contribution >= 4 is 34.2 Å². The molecule has 18 heavy (non-hydrogen) atoms. The molecule has 0 radical (unpaired) electrons. The molecule has 1 fully saturated rings. The smallest absolute Gasteiger partial charge is 0.0932 e. The molecular weight excluding hydrogens is 359 g/mol. The van der Waals surface area contributed by atoms with Gasteiger partial charge in [0.1, 0.15) is 0 Å². The van der Waals surface area contributed by atoms with E-state index in [4.69, 9.17) is 16.3 Å². The zero-order chi connectivity index (χ0) is 13.0. The molecule has 1 saturated carbocycles. The van der Waals surface area contributed by atoms with Crippen molar-refractivity contribution in [3.63, 3.8) is 0 Å². The molecule has 1 aliphatic carbocycles. The highest BCUT2D eigenvalue weighted by Crippen LogP contribution is 2.33. The molecule has 0 bridgehead atoms. The van der Waals surface area contributed by atoms with Crippen LogP contribution in [-0.2, 0) is 4.74 Å². The second-order valence-corrected chi connectivity index (χ2v) is 6.48. The van der Waals surface area contributed by atoms with Gasteiger partial charge in [-0.3, -0.25) is 0 Å². The first-order chi connectivity index (χ1) is 8.70. The second-order valence-electron chi connectivity index (χ2n) is 5.19. The summed E-state index contributed by atoms with van der Waals surface area (Å²) in [6, 6.07) is 8.03. The van der Waals surface area contributed by atoms with Gasteiger partial charge in [-0.2, -0.15) is 0 Å². The lowest BCUT2D eigenvalue weighted by molar-refractivity contribution is -0.0282. The van der Waals surface area contributed by atoms with Crippen LogP contribution in [0.5, 0.6) is 0 Å². The molecule has 0 N–H and O–H groups in total. The first-order valence-corrected chi connectivity index (χ1v) is 8.57. The number of ether oxygens (including phenoxy) is 1. The Morgan fingerprint density at radius 1 is 1.39 bits per heavy atom. The zero-order valence-electron chi connectivity index (χ0n) is 10.7. The lowest BCUT2D eigenvalue weighted by Crippen LogP contribution is -2.24. The Balaban J connectivity index is 2.03. The van der Waals surface area contributed by atoms with Crippen LogP contribution in [0.25, 0.3) is 0 Å². The molecule has 100 valence electrons. The Bertz CT molecular complexity index is 383. The number of halogens is 2.